The molecule has 0 aliphatic heterocycles. The Morgan fingerprint density at radius 1 is 1.23 bits per heavy atom. The number of ether oxygens (including phenoxy) is 1. The third-order valence-corrected chi connectivity index (χ3v) is 2.95. The molecule has 6 nitrogen and oxygen atoms in total. The van der Waals surface area contributed by atoms with Gasteiger partial charge in [0.15, 0.2) is 6.10 Å². The van der Waals surface area contributed by atoms with E-state index in [0.717, 1.165) is 6.42 Å². The van der Waals surface area contributed by atoms with E-state index in [1.165, 1.54) is 0 Å². The van der Waals surface area contributed by atoms with Crippen molar-refractivity contribution in [2.45, 2.75) is 51.6 Å². The van der Waals surface area contributed by atoms with E-state index in [-0.39, 0.29) is 12.8 Å². The maximum absolute atomic E-state index is 11.8. The van der Waals surface area contributed by atoms with E-state index in [2.05, 4.69) is 0 Å². The summed E-state index contributed by atoms with van der Waals surface area (Å²) in [6.07, 6.45) is 3.62. The molecule has 0 aromatic heterocycles. The molecule has 0 saturated heterocycles. The van der Waals surface area contributed by atoms with Crippen molar-refractivity contribution >= 4 is 11.9 Å². The Bertz CT molecular complexity index is 384. The fraction of sp³-hybridized carbons (Fsp3) is 0.750. The van der Waals surface area contributed by atoms with E-state index in [9.17, 15) is 19.8 Å². The van der Waals surface area contributed by atoms with Crippen LogP contribution >= 0.6 is 0 Å². The van der Waals surface area contributed by atoms with E-state index < -0.39 is 18.0 Å². The van der Waals surface area contributed by atoms with Crippen LogP contribution in [-0.2, 0) is 14.3 Å². The van der Waals surface area contributed by atoms with Crippen molar-refractivity contribution in [3.8, 4) is 0 Å². The summed E-state index contributed by atoms with van der Waals surface area (Å²) in [7, 11) is 5.71. The zero-order valence-corrected chi connectivity index (χ0v) is 14.1. The molecule has 1 atom stereocenters. The number of hydrogen-bond donors (Lipinski definition) is 1. The van der Waals surface area contributed by atoms with Crippen LogP contribution in [-0.4, -0.2) is 55.3 Å². The van der Waals surface area contributed by atoms with Gasteiger partial charge < -0.3 is 24.2 Å². The number of rotatable bonds is 11. The van der Waals surface area contributed by atoms with E-state index in [1.807, 2.05) is 28.1 Å². The van der Waals surface area contributed by atoms with E-state index >= 15 is 0 Å². The van der Waals surface area contributed by atoms with Crippen molar-refractivity contribution in [2.24, 2.45) is 0 Å². The van der Waals surface area contributed by atoms with Crippen LogP contribution in [0.4, 0.5) is 0 Å². The van der Waals surface area contributed by atoms with Crippen LogP contribution in [0.25, 0.3) is 0 Å². The van der Waals surface area contributed by atoms with E-state index in [0.29, 0.717) is 36.0 Å². The van der Waals surface area contributed by atoms with Crippen molar-refractivity contribution in [3.05, 3.63) is 11.8 Å². The second-order valence-electron chi connectivity index (χ2n) is 6.47. The van der Waals surface area contributed by atoms with Crippen LogP contribution in [0.15, 0.2) is 11.8 Å². The summed E-state index contributed by atoms with van der Waals surface area (Å²) in [5.74, 6) is -1.28. The first-order valence-corrected chi connectivity index (χ1v) is 7.71. The molecule has 0 bridgehead atoms. The Labute approximate surface area is 133 Å². The van der Waals surface area contributed by atoms with Gasteiger partial charge >= 0.3 is 5.97 Å². The molecule has 0 fully saturated rings. The fourth-order valence-corrected chi connectivity index (χ4v) is 2.10. The standard InChI is InChI=1S/C16H29NO5/c1-5-8-13(18)9-6-7-10-16(21)22-14(11-15(19)20)12-17(2,3)4/h8,14H,5-7,9-12H2,1-4H3,(H-,18,19,20)/b13-8-. The van der Waals surface area contributed by atoms with Crippen LogP contribution < -0.4 is 5.11 Å². The highest BCUT2D eigenvalue weighted by Gasteiger charge is 2.22. The van der Waals surface area contributed by atoms with Crippen LogP contribution in [0.5, 0.6) is 0 Å². The van der Waals surface area contributed by atoms with Gasteiger partial charge in [0.2, 0.25) is 0 Å². The van der Waals surface area contributed by atoms with Crippen LogP contribution in [0.3, 0.4) is 0 Å². The lowest BCUT2D eigenvalue weighted by atomic mass is 10.1. The first kappa shape index (κ1) is 20.4. The number of likely N-dealkylation sites (N-methyl/N-ethyl adjacent to an activating group) is 1. The second-order valence-corrected chi connectivity index (χ2v) is 6.47. The average molecular weight is 315 g/mol. The van der Waals surface area contributed by atoms with Crippen molar-refractivity contribution in [3.63, 3.8) is 0 Å². The summed E-state index contributed by atoms with van der Waals surface area (Å²) in [4.78, 5) is 22.5. The molecule has 1 unspecified atom stereocenters. The Morgan fingerprint density at radius 2 is 1.82 bits per heavy atom. The number of quaternary nitrogens is 1. The molecular formula is C16H29NO5. The summed E-state index contributed by atoms with van der Waals surface area (Å²) in [5.41, 5.74) is 0. The predicted octanol–water partition coefficient (Wildman–Crippen LogP) is 1.16. The second kappa shape index (κ2) is 10.2. The molecule has 0 rings (SSSR count). The first-order valence-electron chi connectivity index (χ1n) is 7.71. The molecule has 6 heteroatoms. The summed E-state index contributed by atoms with van der Waals surface area (Å²) in [5, 5.41) is 20.2. The highest BCUT2D eigenvalue weighted by molar-refractivity contribution is 5.70. The lowest BCUT2D eigenvalue weighted by Crippen LogP contribution is -2.45. The highest BCUT2D eigenvalue weighted by Crippen LogP contribution is 2.10. The monoisotopic (exact) mass is 315 g/mol. The van der Waals surface area contributed by atoms with Gasteiger partial charge in [-0.15, -0.1) is 0 Å². The van der Waals surface area contributed by atoms with Crippen molar-refractivity contribution < 1.29 is 29.0 Å². The highest BCUT2D eigenvalue weighted by atomic mass is 16.5. The molecule has 0 aromatic rings. The number of carboxylic acids is 1. The van der Waals surface area contributed by atoms with Crippen molar-refractivity contribution in [1.29, 1.82) is 0 Å². The molecule has 1 N–H and O–H groups in total. The predicted molar refractivity (Wildman–Crippen MR) is 81.9 cm³/mol. The minimum atomic E-state index is -1.22. The third-order valence-electron chi connectivity index (χ3n) is 2.95. The number of carbonyl (C=O) groups is 2. The number of aliphatic hydroxyl groups is 1. The van der Waals surface area contributed by atoms with Gasteiger partial charge in [-0.25, -0.2) is 0 Å². The molecule has 0 heterocycles. The molecule has 0 radical (unpaired) electrons. The van der Waals surface area contributed by atoms with Crippen LogP contribution in [0, 0.1) is 0 Å². The van der Waals surface area contributed by atoms with Crippen LogP contribution in [0.2, 0.25) is 0 Å². The number of nitrogens with zero attached hydrogens (tertiary/aromatic N) is 1. The van der Waals surface area contributed by atoms with Gasteiger partial charge in [-0.1, -0.05) is 6.92 Å². The van der Waals surface area contributed by atoms with Gasteiger partial charge in [0.1, 0.15) is 6.54 Å². The maximum Gasteiger partial charge on any atom is 0.306 e. The molecule has 128 valence electrons. The number of hydrogen-bond acceptors (Lipinski definition) is 5. The summed E-state index contributed by atoms with van der Waals surface area (Å²) < 4.78 is 5.74. The Kier molecular flexibility index (Phi) is 9.49. The maximum atomic E-state index is 11.8. The summed E-state index contributed by atoms with van der Waals surface area (Å²) in [6.45, 7) is 2.36. The van der Waals surface area contributed by atoms with E-state index in [4.69, 9.17) is 4.74 Å². The van der Waals surface area contributed by atoms with Gasteiger partial charge in [0, 0.05) is 25.2 Å². The summed E-state index contributed by atoms with van der Waals surface area (Å²) >= 11 is 0. The zero-order chi connectivity index (χ0) is 17.2. The molecular weight excluding hydrogens is 286 g/mol. The lowest BCUT2D eigenvalue weighted by Gasteiger charge is -2.29. The van der Waals surface area contributed by atoms with E-state index in [1.54, 1.807) is 6.08 Å². The number of aliphatic hydroxyl groups excluding tert-OH is 1. The van der Waals surface area contributed by atoms with Gasteiger partial charge in [0.25, 0.3) is 0 Å². The molecule has 0 aromatic carbocycles. The average Bonchev–Trinajstić information content (AvgIpc) is 2.32. The van der Waals surface area contributed by atoms with Crippen molar-refractivity contribution in [1.82, 2.24) is 0 Å². The van der Waals surface area contributed by atoms with Gasteiger partial charge in [-0.2, -0.15) is 0 Å². The topological polar surface area (TPSA) is 86.7 Å². The summed E-state index contributed by atoms with van der Waals surface area (Å²) in [6, 6.07) is 0. The Hall–Kier alpha value is -1.56. The zero-order valence-electron chi connectivity index (χ0n) is 14.1. The molecule has 0 amide bonds. The van der Waals surface area contributed by atoms with Gasteiger partial charge in [-0.05, 0) is 25.3 Å². The number of allylic oxidation sites excluding steroid dienone is 2. The number of esters is 1. The fourth-order valence-electron chi connectivity index (χ4n) is 2.10. The van der Waals surface area contributed by atoms with Gasteiger partial charge in [0.05, 0.1) is 26.9 Å². The normalized spacial score (nSPS) is 13.7. The number of carboxylic acid groups (broad SMARTS) is 1. The molecule has 0 saturated carbocycles. The largest absolute Gasteiger partial charge is 0.550 e. The minimum Gasteiger partial charge on any atom is -0.550 e. The number of carbonyl (C=O) groups excluding carboxylic acids is 2. The first-order chi connectivity index (χ1) is 10.1. The Morgan fingerprint density at radius 3 is 2.32 bits per heavy atom. The number of unbranched alkanes of at least 4 members (excludes halogenated alkanes) is 1. The number of aliphatic carboxylic acids is 1. The molecule has 22 heavy (non-hydrogen) atoms. The minimum absolute atomic E-state index is 0.222. The lowest BCUT2D eigenvalue weighted by molar-refractivity contribution is -0.873. The molecule has 0 spiro atoms. The molecule has 0 aliphatic rings. The van der Waals surface area contributed by atoms with Crippen LogP contribution in [0.1, 0.15) is 45.4 Å². The smallest absolute Gasteiger partial charge is 0.306 e. The SMILES string of the molecule is CC/C=C(\O)CCCCC(=O)OC(CC(=O)[O-])C[N+](C)(C)C. The van der Waals surface area contributed by atoms with Crippen molar-refractivity contribution in [2.75, 3.05) is 27.7 Å². The molecule has 0 aliphatic carbocycles. The van der Waals surface area contributed by atoms with Gasteiger partial charge in [-0.3, -0.25) is 4.79 Å². The third kappa shape index (κ3) is 12.2. The quantitative estimate of drug-likeness (QED) is 0.267. The Balaban J connectivity index is 4.17.